The zero-order valence-corrected chi connectivity index (χ0v) is 23.0. The molecule has 0 unspecified atom stereocenters. The maximum Gasteiger partial charge on any atom is 0.419 e. The molecule has 2 saturated heterocycles. The van der Waals surface area contributed by atoms with Crippen LogP contribution in [0.1, 0.15) is 28.9 Å². The van der Waals surface area contributed by atoms with Crippen molar-refractivity contribution < 1.29 is 31.5 Å². The van der Waals surface area contributed by atoms with Crippen LogP contribution in [-0.4, -0.2) is 56.8 Å². The lowest BCUT2D eigenvalue weighted by Crippen LogP contribution is -2.57. The molecule has 0 saturated carbocycles. The van der Waals surface area contributed by atoms with Gasteiger partial charge in [0.15, 0.2) is 5.69 Å². The Bertz CT molecular complexity index is 1720. The van der Waals surface area contributed by atoms with Gasteiger partial charge < -0.3 is 15.1 Å². The van der Waals surface area contributed by atoms with E-state index in [0.717, 1.165) is 10.7 Å². The smallest absolute Gasteiger partial charge is 0.339 e. The molecule has 2 aliphatic heterocycles. The number of nitrogens with zero attached hydrogens (tertiary/aromatic N) is 5. The number of nitrogens with one attached hydrogen (secondary N) is 1. The lowest BCUT2D eigenvalue weighted by molar-refractivity contribution is -0.140. The number of aromatic nitrogens is 3. The van der Waals surface area contributed by atoms with Crippen molar-refractivity contribution in [3.05, 3.63) is 94.9 Å². The van der Waals surface area contributed by atoms with Crippen molar-refractivity contribution >= 4 is 29.1 Å². The number of likely N-dealkylation sites (tertiary alicyclic amines) is 1. The second-order valence-corrected chi connectivity index (χ2v) is 10.6. The number of anilines is 1. The van der Waals surface area contributed by atoms with Gasteiger partial charge in [0.25, 0.3) is 5.91 Å². The summed E-state index contributed by atoms with van der Waals surface area (Å²) in [6.07, 6.45) is -2.88. The third-order valence-corrected chi connectivity index (χ3v) is 8.12. The number of carbonyl (C=O) groups is 2. The lowest BCUT2D eigenvalue weighted by Gasteiger charge is -2.43. The molecule has 43 heavy (non-hydrogen) atoms. The van der Waals surface area contributed by atoms with Gasteiger partial charge in [-0.05, 0) is 67.4 Å². The van der Waals surface area contributed by atoms with E-state index in [1.54, 1.807) is 24.3 Å². The van der Waals surface area contributed by atoms with Crippen molar-refractivity contribution in [1.82, 2.24) is 25.0 Å². The highest BCUT2D eigenvalue weighted by atomic mass is 35.5. The Morgan fingerprint density at radius 3 is 2.33 bits per heavy atom. The molecule has 2 amide bonds. The van der Waals surface area contributed by atoms with Crippen LogP contribution in [0.15, 0.2) is 66.9 Å². The van der Waals surface area contributed by atoms with Gasteiger partial charge in [-0.1, -0.05) is 11.6 Å². The second-order valence-electron chi connectivity index (χ2n) is 10.2. The summed E-state index contributed by atoms with van der Waals surface area (Å²) < 4.78 is 68.7. The van der Waals surface area contributed by atoms with Crippen LogP contribution >= 0.6 is 11.6 Å². The molecular formula is C29H22ClF5N6O2. The van der Waals surface area contributed by atoms with Gasteiger partial charge in [-0.3, -0.25) is 9.59 Å². The van der Waals surface area contributed by atoms with E-state index in [4.69, 9.17) is 11.6 Å². The van der Waals surface area contributed by atoms with Gasteiger partial charge >= 0.3 is 6.18 Å². The number of amides is 2. The highest BCUT2D eigenvalue weighted by Crippen LogP contribution is 2.38. The molecule has 6 rings (SSSR count). The van der Waals surface area contributed by atoms with Gasteiger partial charge in [0.05, 0.1) is 23.6 Å². The first-order valence-electron chi connectivity index (χ1n) is 13.2. The Balaban J connectivity index is 1.31. The number of carbonyl (C=O) groups excluding carboxylic acids is 2. The minimum Gasteiger partial charge on any atom is -0.339 e. The summed E-state index contributed by atoms with van der Waals surface area (Å²) in [6, 6.07) is 12.7. The van der Waals surface area contributed by atoms with Crippen molar-refractivity contribution in [2.45, 2.75) is 24.6 Å². The molecule has 0 bridgehead atoms. The number of alkyl halides is 3. The Morgan fingerprint density at radius 2 is 1.67 bits per heavy atom. The van der Waals surface area contributed by atoms with Crippen LogP contribution in [0.5, 0.6) is 0 Å². The number of rotatable bonds is 4. The van der Waals surface area contributed by atoms with E-state index in [-0.39, 0.29) is 60.7 Å². The van der Waals surface area contributed by atoms with Gasteiger partial charge in [0.1, 0.15) is 22.3 Å². The molecular weight excluding hydrogens is 595 g/mol. The summed E-state index contributed by atoms with van der Waals surface area (Å²) in [4.78, 5) is 34.1. The van der Waals surface area contributed by atoms with E-state index in [1.165, 1.54) is 29.3 Å². The van der Waals surface area contributed by atoms with Crippen molar-refractivity contribution in [1.29, 1.82) is 0 Å². The average molecular weight is 617 g/mol. The van der Waals surface area contributed by atoms with Crippen molar-refractivity contribution in [3.63, 3.8) is 0 Å². The van der Waals surface area contributed by atoms with Crippen LogP contribution in [0.4, 0.5) is 27.6 Å². The fraction of sp³-hybridized carbons (Fsp3) is 0.241. The molecule has 2 aromatic heterocycles. The maximum atomic E-state index is 14.5. The van der Waals surface area contributed by atoms with Crippen LogP contribution in [0.2, 0.25) is 5.15 Å². The SMILES string of the molecule is O=C(c1cc(-c2cccnc2Cl)n(-c2ccc(C(F)(F)F)c(F)c2)n1)N1CCC2(CC1)C(=O)NCN2c1ccc(F)cc1. The summed E-state index contributed by atoms with van der Waals surface area (Å²) in [5, 5.41) is 7.24. The van der Waals surface area contributed by atoms with Crippen LogP contribution in [-0.2, 0) is 11.0 Å². The third-order valence-electron chi connectivity index (χ3n) is 7.82. The quantitative estimate of drug-likeness (QED) is 0.244. The lowest BCUT2D eigenvalue weighted by atomic mass is 9.85. The van der Waals surface area contributed by atoms with Gasteiger partial charge in [0.2, 0.25) is 5.91 Å². The molecule has 4 heterocycles. The number of halogens is 6. The number of benzene rings is 2. The van der Waals surface area contributed by atoms with Crippen LogP contribution in [0.25, 0.3) is 16.9 Å². The van der Waals surface area contributed by atoms with Crippen molar-refractivity contribution in [3.8, 4) is 16.9 Å². The first kappa shape index (κ1) is 28.6. The number of piperidine rings is 1. The minimum atomic E-state index is -4.89. The summed E-state index contributed by atoms with van der Waals surface area (Å²) in [7, 11) is 0. The van der Waals surface area contributed by atoms with Crippen LogP contribution in [0.3, 0.4) is 0 Å². The van der Waals surface area contributed by atoms with Crippen molar-refractivity contribution in [2.75, 3.05) is 24.7 Å². The average Bonchev–Trinajstić information content (AvgIpc) is 3.55. The molecule has 14 heteroatoms. The third kappa shape index (κ3) is 5.07. The van der Waals surface area contributed by atoms with Gasteiger partial charge in [-0.2, -0.15) is 18.3 Å². The monoisotopic (exact) mass is 616 g/mol. The fourth-order valence-corrected chi connectivity index (χ4v) is 5.82. The first-order chi connectivity index (χ1) is 20.5. The fourth-order valence-electron chi connectivity index (χ4n) is 5.60. The van der Waals surface area contributed by atoms with Gasteiger partial charge in [-0.25, -0.2) is 18.4 Å². The van der Waals surface area contributed by atoms with Gasteiger partial charge in [-0.15, -0.1) is 0 Å². The van der Waals surface area contributed by atoms with E-state index in [0.29, 0.717) is 23.4 Å². The maximum absolute atomic E-state index is 14.5. The number of hydrogen-bond acceptors (Lipinski definition) is 5. The first-order valence-corrected chi connectivity index (χ1v) is 13.5. The molecule has 0 radical (unpaired) electrons. The molecule has 222 valence electrons. The van der Waals surface area contributed by atoms with E-state index in [9.17, 15) is 31.5 Å². The van der Waals surface area contributed by atoms with E-state index < -0.39 is 34.8 Å². The topological polar surface area (TPSA) is 83.4 Å². The standard InChI is InChI=1S/C29H22ClF5N6O2/c30-25-20(2-1-11-36-25)24-15-23(38-41(24)19-7-8-21(22(32)14-19)29(33,34)35)26(42)39-12-9-28(10-13-39)27(43)37-16-40(28)18-5-3-17(31)4-6-18/h1-8,11,14-15H,9-10,12-13,16H2,(H,37,43). The number of pyridine rings is 1. The molecule has 1 spiro atoms. The summed E-state index contributed by atoms with van der Waals surface area (Å²) in [5.41, 5.74) is -1.28. The van der Waals surface area contributed by atoms with Crippen molar-refractivity contribution in [2.24, 2.45) is 0 Å². The summed E-state index contributed by atoms with van der Waals surface area (Å²) >= 11 is 6.29. The predicted molar refractivity (Wildman–Crippen MR) is 147 cm³/mol. The number of hydrogen-bond donors (Lipinski definition) is 1. The zero-order chi connectivity index (χ0) is 30.5. The molecule has 2 aromatic carbocycles. The van der Waals surface area contributed by atoms with Crippen LogP contribution in [0, 0.1) is 11.6 Å². The Hall–Kier alpha value is -4.52. The molecule has 2 fully saturated rings. The molecule has 0 aliphatic carbocycles. The van der Waals surface area contributed by atoms with E-state index in [2.05, 4.69) is 15.4 Å². The van der Waals surface area contributed by atoms with E-state index >= 15 is 0 Å². The summed E-state index contributed by atoms with van der Waals surface area (Å²) in [6.45, 7) is 0.616. The Morgan fingerprint density at radius 1 is 0.977 bits per heavy atom. The normalized spacial score (nSPS) is 16.6. The Kier molecular flexibility index (Phi) is 7.07. The molecule has 4 aromatic rings. The molecule has 8 nitrogen and oxygen atoms in total. The molecule has 0 atom stereocenters. The second kappa shape index (κ2) is 10.6. The van der Waals surface area contributed by atoms with Gasteiger partial charge in [0, 0.05) is 36.6 Å². The highest BCUT2D eigenvalue weighted by molar-refractivity contribution is 6.32. The largest absolute Gasteiger partial charge is 0.419 e. The Labute approximate surface area is 246 Å². The molecule has 1 N–H and O–H groups in total. The predicted octanol–water partition coefficient (Wildman–Crippen LogP) is 5.45. The summed E-state index contributed by atoms with van der Waals surface area (Å²) in [5.74, 6) is -2.58. The minimum absolute atomic E-state index is 0.0445. The van der Waals surface area contributed by atoms with Crippen LogP contribution < -0.4 is 10.2 Å². The highest BCUT2D eigenvalue weighted by Gasteiger charge is 2.51. The van der Waals surface area contributed by atoms with E-state index in [1.807, 2.05) is 4.90 Å². The molecule has 2 aliphatic rings. The zero-order valence-electron chi connectivity index (χ0n) is 22.2.